The minimum Gasteiger partial charge on any atom is -0.338 e. The van der Waals surface area contributed by atoms with Gasteiger partial charge in [-0.1, -0.05) is 23.7 Å². The second kappa shape index (κ2) is 4.50. The molecule has 1 unspecified atom stereocenters. The van der Waals surface area contributed by atoms with Crippen LogP contribution in [0.2, 0.25) is 5.02 Å². The van der Waals surface area contributed by atoms with Crippen LogP contribution < -0.4 is 5.32 Å². The van der Waals surface area contributed by atoms with E-state index in [1.165, 1.54) is 18.2 Å². The molecule has 0 saturated carbocycles. The molecule has 94 valence electrons. The molecule has 0 aliphatic rings. The summed E-state index contributed by atoms with van der Waals surface area (Å²) in [5.74, 6) is -6.28. The molecular weight excluding hydrogens is 266 g/mol. The largest absolute Gasteiger partial charge is 0.470 e. The lowest BCUT2D eigenvalue weighted by molar-refractivity contribution is -0.323. The molecule has 3 nitrogen and oxygen atoms in total. The molecule has 0 fully saturated rings. The molecule has 1 atom stereocenters. The average Bonchev–Trinajstić information content (AvgIpc) is 2.15. The number of hydrogen-bond acceptors (Lipinski definition) is 2. The number of carbonyl (C=O) groups excluding carboxylic acids is 1. The van der Waals surface area contributed by atoms with Gasteiger partial charge in [-0.15, -0.1) is 0 Å². The molecule has 2 N–H and O–H groups in total. The third-order valence-electron chi connectivity index (χ3n) is 1.77. The van der Waals surface area contributed by atoms with Gasteiger partial charge in [-0.2, -0.15) is 17.6 Å². The first kappa shape index (κ1) is 13.7. The highest BCUT2D eigenvalue weighted by molar-refractivity contribution is 6.33. The van der Waals surface area contributed by atoms with Crippen molar-refractivity contribution in [2.75, 3.05) is 0 Å². The molecule has 1 rings (SSSR count). The van der Waals surface area contributed by atoms with Crippen LogP contribution in [0.4, 0.5) is 17.6 Å². The predicted molar refractivity (Wildman–Crippen MR) is 51.0 cm³/mol. The molecule has 0 radical (unpaired) electrons. The summed E-state index contributed by atoms with van der Waals surface area (Å²) in [6.07, 6.45) is -5.64. The van der Waals surface area contributed by atoms with Gasteiger partial charge in [0.1, 0.15) is 0 Å². The Hall–Kier alpha value is -1.34. The van der Waals surface area contributed by atoms with Crippen molar-refractivity contribution in [2.45, 2.75) is 12.2 Å². The first-order chi connectivity index (χ1) is 7.65. The van der Waals surface area contributed by atoms with Crippen molar-refractivity contribution in [3.63, 3.8) is 0 Å². The van der Waals surface area contributed by atoms with Crippen LogP contribution in [0.25, 0.3) is 0 Å². The van der Waals surface area contributed by atoms with Gasteiger partial charge in [0.2, 0.25) is 0 Å². The highest BCUT2D eigenvalue weighted by Gasteiger charge is 2.56. The number of hydrogen-bond donors (Lipinski definition) is 2. The van der Waals surface area contributed by atoms with Crippen molar-refractivity contribution >= 4 is 17.5 Å². The lowest BCUT2D eigenvalue weighted by atomic mass is 10.2. The van der Waals surface area contributed by atoms with E-state index in [-0.39, 0.29) is 10.6 Å². The number of amides is 1. The van der Waals surface area contributed by atoms with Crippen molar-refractivity contribution in [3.8, 4) is 0 Å². The van der Waals surface area contributed by atoms with Crippen molar-refractivity contribution < 1.29 is 27.5 Å². The molecule has 17 heavy (non-hydrogen) atoms. The number of alkyl halides is 4. The van der Waals surface area contributed by atoms with Crippen molar-refractivity contribution in [1.29, 1.82) is 0 Å². The lowest BCUT2D eigenvalue weighted by Crippen LogP contribution is -2.55. The maximum Gasteiger partial charge on any atom is 0.470 e. The second-order valence-corrected chi connectivity index (χ2v) is 3.46. The summed E-state index contributed by atoms with van der Waals surface area (Å²) in [7, 11) is 0. The third kappa shape index (κ3) is 3.07. The van der Waals surface area contributed by atoms with Crippen LogP contribution in [0.5, 0.6) is 0 Å². The van der Waals surface area contributed by atoms with E-state index < -0.39 is 18.1 Å². The molecule has 1 aromatic rings. The van der Waals surface area contributed by atoms with Crippen LogP contribution in [0, 0.1) is 0 Å². The van der Waals surface area contributed by atoms with Gasteiger partial charge in [-0.25, -0.2) is 0 Å². The Balaban J connectivity index is 2.92. The van der Waals surface area contributed by atoms with Crippen LogP contribution in [0.3, 0.4) is 0 Å². The van der Waals surface area contributed by atoms with Crippen LogP contribution in [-0.2, 0) is 0 Å². The molecule has 1 amide bonds. The van der Waals surface area contributed by atoms with Gasteiger partial charge in [0.15, 0.2) is 0 Å². The number of carbonyl (C=O) groups is 1. The SMILES string of the molecule is O=C(NC(O)(F)C(F)(F)F)c1ccccc1Cl. The first-order valence-electron chi connectivity index (χ1n) is 4.20. The number of aliphatic hydroxyl groups is 1. The molecule has 0 saturated heterocycles. The van der Waals surface area contributed by atoms with Crippen molar-refractivity contribution in [2.24, 2.45) is 0 Å². The Labute approximate surface area is 98.0 Å². The summed E-state index contributed by atoms with van der Waals surface area (Å²) in [5, 5.41) is 9.04. The fraction of sp³-hybridized carbons (Fsp3) is 0.222. The summed E-state index contributed by atoms with van der Waals surface area (Å²) in [5.41, 5.74) is -0.380. The molecule has 0 heterocycles. The minimum atomic E-state index is -5.64. The molecule has 8 heteroatoms. The zero-order valence-corrected chi connectivity index (χ0v) is 8.81. The Morgan fingerprint density at radius 1 is 1.24 bits per heavy atom. The van der Waals surface area contributed by atoms with Crippen molar-refractivity contribution in [3.05, 3.63) is 34.9 Å². The summed E-state index contributed by atoms with van der Waals surface area (Å²) < 4.78 is 48.5. The fourth-order valence-corrected chi connectivity index (χ4v) is 1.16. The predicted octanol–water partition coefficient (Wildman–Crippen LogP) is 2.25. The molecule has 0 aromatic heterocycles. The van der Waals surface area contributed by atoms with Gasteiger partial charge in [-0.3, -0.25) is 10.1 Å². The molecule has 0 aliphatic heterocycles. The van der Waals surface area contributed by atoms with Crippen LogP contribution in [0.15, 0.2) is 24.3 Å². The number of rotatable bonds is 2. The minimum absolute atomic E-state index is 0.164. The molecule has 0 aliphatic carbocycles. The highest BCUT2D eigenvalue weighted by Crippen LogP contribution is 2.29. The zero-order chi connectivity index (χ0) is 13.3. The Bertz CT molecular complexity index is 433. The molecule has 0 bridgehead atoms. The quantitative estimate of drug-likeness (QED) is 0.492. The topological polar surface area (TPSA) is 49.3 Å². The molecular formula is C9H6ClF4NO2. The van der Waals surface area contributed by atoms with E-state index in [9.17, 15) is 22.4 Å². The van der Waals surface area contributed by atoms with Gasteiger partial charge in [0, 0.05) is 0 Å². The maximum atomic E-state index is 12.7. The summed E-state index contributed by atoms with van der Waals surface area (Å²) >= 11 is 5.52. The summed E-state index contributed by atoms with van der Waals surface area (Å²) in [6, 6.07) is 5.08. The number of nitrogens with one attached hydrogen (secondary N) is 1. The van der Waals surface area contributed by atoms with Crippen LogP contribution in [-0.4, -0.2) is 23.2 Å². The lowest BCUT2D eigenvalue weighted by Gasteiger charge is -2.22. The Morgan fingerprint density at radius 3 is 2.24 bits per heavy atom. The van der Waals surface area contributed by atoms with Gasteiger partial charge in [-0.05, 0) is 12.1 Å². The van der Waals surface area contributed by atoms with E-state index in [0.29, 0.717) is 0 Å². The smallest absolute Gasteiger partial charge is 0.338 e. The van der Waals surface area contributed by atoms with E-state index in [1.54, 1.807) is 0 Å². The monoisotopic (exact) mass is 271 g/mol. The molecule has 1 aromatic carbocycles. The third-order valence-corrected chi connectivity index (χ3v) is 2.10. The number of halogens is 5. The standard InChI is InChI=1S/C9H6ClF4NO2/c10-6-4-2-1-3-5(6)7(16)15-9(14,17)8(11,12)13/h1-4,17H,(H,15,16). The molecule has 0 spiro atoms. The maximum absolute atomic E-state index is 12.7. The Morgan fingerprint density at radius 2 is 1.76 bits per heavy atom. The van der Waals surface area contributed by atoms with E-state index in [0.717, 1.165) is 11.4 Å². The van der Waals surface area contributed by atoms with E-state index in [2.05, 4.69) is 0 Å². The van der Waals surface area contributed by atoms with Crippen LogP contribution in [0.1, 0.15) is 10.4 Å². The van der Waals surface area contributed by atoms with Gasteiger partial charge in [0.05, 0.1) is 10.6 Å². The highest BCUT2D eigenvalue weighted by atomic mass is 35.5. The second-order valence-electron chi connectivity index (χ2n) is 3.05. The summed E-state index contributed by atoms with van der Waals surface area (Å²) in [4.78, 5) is 11.2. The van der Waals surface area contributed by atoms with E-state index in [1.807, 2.05) is 0 Å². The van der Waals surface area contributed by atoms with E-state index >= 15 is 0 Å². The normalized spacial score (nSPS) is 15.2. The summed E-state index contributed by atoms with van der Waals surface area (Å²) in [6.45, 7) is 0. The zero-order valence-electron chi connectivity index (χ0n) is 8.05. The van der Waals surface area contributed by atoms with Crippen LogP contribution >= 0.6 is 11.6 Å². The van der Waals surface area contributed by atoms with Gasteiger partial charge >= 0.3 is 12.2 Å². The fourth-order valence-electron chi connectivity index (χ4n) is 0.934. The average molecular weight is 272 g/mol. The van der Waals surface area contributed by atoms with Gasteiger partial charge < -0.3 is 5.11 Å². The van der Waals surface area contributed by atoms with Crippen molar-refractivity contribution in [1.82, 2.24) is 5.32 Å². The van der Waals surface area contributed by atoms with E-state index in [4.69, 9.17) is 16.7 Å². The number of benzene rings is 1. The Kier molecular flexibility index (Phi) is 3.63. The first-order valence-corrected chi connectivity index (χ1v) is 4.58. The van der Waals surface area contributed by atoms with Gasteiger partial charge in [0.25, 0.3) is 5.91 Å².